The molecule has 0 spiro atoms. The zero-order valence-corrected chi connectivity index (χ0v) is 34.5. The van der Waals surface area contributed by atoms with Crippen LogP contribution in [0.4, 0.5) is 0 Å². The zero-order valence-electron chi connectivity index (χ0n) is 34.5. The molecule has 334 valence electrons. The Labute approximate surface area is 344 Å². The molecule has 0 aromatic heterocycles. The third-order valence-corrected chi connectivity index (χ3v) is 9.82. The summed E-state index contributed by atoms with van der Waals surface area (Å²) in [6.07, 6.45) is 13.4. The van der Waals surface area contributed by atoms with Gasteiger partial charge in [0, 0.05) is 12.8 Å². The predicted molar refractivity (Wildman–Crippen MR) is 215 cm³/mol. The molecule has 0 aliphatic carbocycles. The first kappa shape index (κ1) is 51.6. The molecule has 0 amide bonds. The Morgan fingerprint density at radius 2 is 1.09 bits per heavy atom. The molecular weight excluding hydrogens is 756 g/mol. The lowest BCUT2D eigenvalue weighted by Crippen LogP contribution is -2.61. The van der Waals surface area contributed by atoms with E-state index in [1.807, 2.05) is 0 Å². The molecule has 2 rings (SSSR count). The predicted octanol–water partition coefficient (Wildman–Crippen LogP) is 3.59. The van der Waals surface area contributed by atoms with Gasteiger partial charge in [-0.25, -0.2) is 0 Å². The molecule has 4 unspecified atom stereocenters. The molecule has 2 aliphatic heterocycles. The summed E-state index contributed by atoms with van der Waals surface area (Å²) in [5.74, 6) is -0.987. The van der Waals surface area contributed by atoms with Crippen LogP contribution in [0.15, 0.2) is 48.6 Å². The average Bonchev–Trinajstić information content (AvgIpc) is 3.21. The van der Waals surface area contributed by atoms with Crippen molar-refractivity contribution < 1.29 is 73.8 Å². The van der Waals surface area contributed by atoms with E-state index in [-0.39, 0.29) is 19.4 Å². The molecule has 58 heavy (non-hydrogen) atoms. The first-order chi connectivity index (χ1) is 28.0. The molecule has 0 saturated carbocycles. The van der Waals surface area contributed by atoms with Crippen molar-refractivity contribution in [3.8, 4) is 0 Å². The monoisotopic (exact) mass is 828 g/mol. The quantitative estimate of drug-likeness (QED) is 0.0312. The van der Waals surface area contributed by atoms with Gasteiger partial charge in [0.2, 0.25) is 0 Å². The molecule has 7 N–H and O–H groups in total. The minimum absolute atomic E-state index is 0.112. The van der Waals surface area contributed by atoms with Crippen LogP contribution in [-0.4, -0.2) is 142 Å². The second-order valence-corrected chi connectivity index (χ2v) is 14.8. The highest BCUT2D eigenvalue weighted by Gasteiger charge is 2.47. The molecule has 0 radical (unpaired) electrons. The van der Waals surface area contributed by atoms with Crippen LogP contribution in [0.1, 0.15) is 117 Å². The van der Waals surface area contributed by atoms with Crippen molar-refractivity contribution in [3.05, 3.63) is 48.6 Å². The number of esters is 2. The van der Waals surface area contributed by atoms with Gasteiger partial charge in [0.05, 0.1) is 19.8 Å². The average molecular weight is 829 g/mol. The number of carbonyl (C=O) groups is 2. The number of unbranched alkanes of at least 4 members (excludes halogenated alkanes) is 8. The van der Waals surface area contributed by atoms with Crippen LogP contribution in [0.2, 0.25) is 0 Å². The fourth-order valence-corrected chi connectivity index (χ4v) is 6.26. The summed E-state index contributed by atoms with van der Waals surface area (Å²) in [5.41, 5.74) is 0. The van der Waals surface area contributed by atoms with E-state index in [0.717, 1.165) is 64.2 Å². The summed E-state index contributed by atoms with van der Waals surface area (Å²) in [7, 11) is 0. The number of aliphatic hydroxyl groups excluding tert-OH is 7. The highest BCUT2D eigenvalue weighted by Crippen LogP contribution is 2.26. The molecule has 2 saturated heterocycles. The van der Waals surface area contributed by atoms with Gasteiger partial charge in [0.25, 0.3) is 0 Å². The lowest BCUT2D eigenvalue weighted by molar-refractivity contribution is -0.332. The van der Waals surface area contributed by atoms with Gasteiger partial charge in [-0.1, -0.05) is 101 Å². The van der Waals surface area contributed by atoms with Crippen molar-refractivity contribution >= 4 is 11.9 Å². The normalized spacial score (nSPS) is 28.6. The fraction of sp³-hybridized carbons (Fsp3) is 0.767. The third kappa shape index (κ3) is 20.6. The van der Waals surface area contributed by atoms with Crippen LogP contribution in [0.5, 0.6) is 0 Å². The lowest BCUT2D eigenvalue weighted by Gasteiger charge is -2.42. The van der Waals surface area contributed by atoms with Crippen molar-refractivity contribution in [2.24, 2.45) is 0 Å². The molecule has 11 atom stereocenters. The fourth-order valence-electron chi connectivity index (χ4n) is 6.26. The SMILES string of the molecule is CC/C=C/C/C=C/C/C=C/C/C=C/CCCCC(=O)O[C@H](COC(=O)CCCCCCCCC)CO[C@@H]1O[C@H](CO[C@@H]2O[C@H](CO)[C@H](O)C(O)C2O)[C@H](O)C(O)C1O. The number of hydrogen-bond donors (Lipinski definition) is 7. The summed E-state index contributed by atoms with van der Waals surface area (Å²) < 4.78 is 33.2. The van der Waals surface area contributed by atoms with E-state index in [0.29, 0.717) is 12.8 Å². The summed E-state index contributed by atoms with van der Waals surface area (Å²) in [5, 5.41) is 71.6. The van der Waals surface area contributed by atoms with E-state index in [9.17, 15) is 45.3 Å². The van der Waals surface area contributed by atoms with Crippen molar-refractivity contribution in [2.45, 2.75) is 184 Å². The van der Waals surface area contributed by atoms with Gasteiger partial charge in [0.1, 0.15) is 55.4 Å². The lowest BCUT2D eigenvalue weighted by atomic mass is 9.98. The Hall–Kier alpha value is -2.54. The molecule has 0 aromatic rings. The summed E-state index contributed by atoms with van der Waals surface area (Å²) >= 11 is 0. The maximum Gasteiger partial charge on any atom is 0.306 e. The molecular formula is C43H72O15. The minimum atomic E-state index is -1.77. The van der Waals surface area contributed by atoms with Crippen LogP contribution < -0.4 is 0 Å². The van der Waals surface area contributed by atoms with Crippen molar-refractivity contribution in [1.29, 1.82) is 0 Å². The Morgan fingerprint density at radius 3 is 1.71 bits per heavy atom. The first-order valence-corrected chi connectivity index (χ1v) is 21.2. The number of hydrogen-bond acceptors (Lipinski definition) is 15. The zero-order chi connectivity index (χ0) is 42.5. The Morgan fingerprint density at radius 1 is 0.569 bits per heavy atom. The van der Waals surface area contributed by atoms with Crippen LogP contribution >= 0.6 is 0 Å². The number of rotatable bonds is 30. The van der Waals surface area contributed by atoms with Crippen molar-refractivity contribution in [2.75, 3.05) is 26.4 Å². The largest absolute Gasteiger partial charge is 0.462 e. The van der Waals surface area contributed by atoms with Gasteiger partial charge in [-0.2, -0.15) is 0 Å². The van der Waals surface area contributed by atoms with Gasteiger partial charge >= 0.3 is 11.9 Å². The Bertz CT molecular complexity index is 1210. The highest BCUT2D eigenvalue weighted by molar-refractivity contribution is 5.70. The number of aliphatic hydroxyl groups is 7. The van der Waals surface area contributed by atoms with Gasteiger partial charge in [-0.3, -0.25) is 9.59 Å². The highest BCUT2D eigenvalue weighted by atomic mass is 16.7. The van der Waals surface area contributed by atoms with Crippen LogP contribution in [0, 0.1) is 0 Å². The smallest absolute Gasteiger partial charge is 0.306 e. The number of allylic oxidation sites excluding steroid dienone is 8. The second kappa shape index (κ2) is 31.4. The standard InChI is InChI=1S/C43H72O15/c1-3-5-7-9-11-12-13-14-15-16-17-18-20-22-24-26-35(46)56-31(28-53-34(45)25-23-21-19-10-8-6-4-2)29-54-42-41(52)39(50)37(48)33(58-42)30-55-43-40(51)38(49)36(47)32(27-44)57-43/h5,7,11-12,14-15,17-18,31-33,36-44,47-52H,3-4,6,8-10,13,16,19-30H2,1-2H3/b7-5+,12-11+,15-14+,18-17+/t31-,32-,33-,36+,37+,38?,39?,40?,41?,42-,43-/m1/s1. The third-order valence-electron chi connectivity index (χ3n) is 9.82. The molecule has 2 fully saturated rings. The van der Waals surface area contributed by atoms with Crippen molar-refractivity contribution in [3.63, 3.8) is 0 Å². The molecule has 0 bridgehead atoms. The summed E-state index contributed by atoms with van der Waals surface area (Å²) in [4.78, 5) is 25.4. The molecule has 2 heterocycles. The molecule has 2 aliphatic rings. The van der Waals surface area contributed by atoms with Gasteiger partial charge < -0.3 is 64.2 Å². The molecule has 15 heteroatoms. The molecule has 0 aromatic carbocycles. The van der Waals surface area contributed by atoms with E-state index < -0.39 is 99.3 Å². The number of ether oxygens (including phenoxy) is 6. The van der Waals surface area contributed by atoms with Crippen LogP contribution in [0.3, 0.4) is 0 Å². The maximum absolute atomic E-state index is 12.9. The summed E-state index contributed by atoms with van der Waals surface area (Å²) in [6, 6.07) is 0. The molecule has 15 nitrogen and oxygen atoms in total. The van der Waals surface area contributed by atoms with Crippen molar-refractivity contribution in [1.82, 2.24) is 0 Å². The van der Waals surface area contributed by atoms with E-state index in [1.165, 1.54) is 12.8 Å². The van der Waals surface area contributed by atoms with Gasteiger partial charge in [-0.15, -0.1) is 0 Å². The van der Waals surface area contributed by atoms with E-state index >= 15 is 0 Å². The topological polar surface area (TPSA) is 231 Å². The summed E-state index contributed by atoms with van der Waals surface area (Å²) in [6.45, 7) is 2.33. The Balaban J connectivity index is 1.89. The van der Waals surface area contributed by atoms with E-state index in [2.05, 4.69) is 62.5 Å². The Kier molecular flexibility index (Phi) is 27.9. The maximum atomic E-state index is 12.9. The van der Waals surface area contributed by atoms with E-state index in [4.69, 9.17) is 28.4 Å². The first-order valence-electron chi connectivity index (χ1n) is 21.2. The van der Waals surface area contributed by atoms with E-state index in [1.54, 1.807) is 0 Å². The van der Waals surface area contributed by atoms with Crippen LogP contribution in [-0.2, 0) is 38.0 Å². The number of carbonyl (C=O) groups excluding carboxylic acids is 2. The minimum Gasteiger partial charge on any atom is -0.462 e. The van der Waals surface area contributed by atoms with Gasteiger partial charge in [0.15, 0.2) is 18.7 Å². The second-order valence-electron chi connectivity index (χ2n) is 14.8. The van der Waals surface area contributed by atoms with Gasteiger partial charge in [-0.05, 0) is 51.4 Å². The van der Waals surface area contributed by atoms with Crippen LogP contribution in [0.25, 0.3) is 0 Å².